The summed E-state index contributed by atoms with van der Waals surface area (Å²) in [5, 5.41) is 11.1. The van der Waals surface area contributed by atoms with E-state index in [2.05, 4.69) is 0 Å². The van der Waals surface area contributed by atoms with Gasteiger partial charge in [0.25, 0.3) is 5.91 Å². The van der Waals surface area contributed by atoms with Gasteiger partial charge in [-0.1, -0.05) is 6.08 Å². The second kappa shape index (κ2) is 6.71. The van der Waals surface area contributed by atoms with Gasteiger partial charge >= 0.3 is 5.97 Å². The minimum atomic E-state index is -0.946. The third-order valence-electron chi connectivity index (χ3n) is 4.94. The maximum Gasteiger partial charge on any atom is 0.334 e. The number of carbonyl (C=O) groups is 2. The van der Waals surface area contributed by atoms with Gasteiger partial charge in [0.05, 0.1) is 12.1 Å². The van der Waals surface area contributed by atoms with Crippen LogP contribution in [-0.4, -0.2) is 53.0 Å². The van der Waals surface area contributed by atoms with Crippen molar-refractivity contribution in [1.29, 1.82) is 0 Å². The fourth-order valence-corrected chi connectivity index (χ4v) is 3.59. The molecule has 3 aliphatic rings. The van der Waals surface area contributed by atoms with E-state index in [1.165, 1.54) is 0 Å². The number of rotatable bonds is 4. The van der Waals surface area contributed by atoms with E-state index in [1.54, 1.807) is 17.0 Å². The van der Waals surface area contributed by atoms with Crippen molar-refractivity contribution in [2.45, 2.75) is 12.8 Å². The summed E-state index contributed by atoms with van der Waals surface area (Å²) >= 11 is 0. The van der Waals surface area contributed by atoms with Gasteiger partial charge in [0, 0.05) is 30.2 Å². The largest absolute Gasteiger partial charge is 0.484 e. The van der Waals surface area contributed by atoms with Gasteiger partial charge in [0.2, 0.25) is 0 Å². The molecule has 6 heteroatoms. The summed E-state index contributed by atoms with van der Waals surface area (Å²) in [4.78, 5) is 27.6. The van der Waals surface area contributed by atoms with Gasteiger partial charge in [-0.05, 0) is 48.4 Å². The molecule has 26 heavy (non-hydrogen) atoms. The lowest BCUT2D eigenvalue weighted by molar-refractivity contribution is -0.132. The Labute approximate surface area is 151 Å². The highest BCUT2D eigenvalue weighted by molar-refractivity contribution is 6.10. The first-order valence-electron chi connectivity index (χ1n) is 8.76. The molecular weight excluding hydrogens is 332 g/mol. The molecule has 1 aromatic carbocycles. The number of carboxylic acids is 1. The molecule has 0 unspecified atom stereocenters. The number of benzene rings is 1. The summed E-state index contributed by atoms with van der Waals surface area (Å²) in [7, 11) is 0. The van der Waals surface area contributed by atoms with E-state index in [0.29, 0.717) is 23.1 Å². The SMILES string of the molecule is O=C(O)C1=c2cc(OCC(=O)N3CCCC3)ccc2=C2C=CC=CN2C1. The molecule has 134 valence electrons. The lowest BCUT2D eigenvalue weighted by atomic mass is 10.0. The van der Waals surface area contributed by atoms with Gasteiger partial charge in [0.1, 0.15) is 5.75 Å². The Hall–Kier alpha value is -3.02. The van der Waals surface area contributed by atoms with Crippen molar-refractivity contribution in [3.63, 3.8) is 0 Å². The van der Waals surface area contributed by atoms with E-state index >= 15 is 0 Å². The minimum absolute atomic E-state index is 0.0213. The van der Waals surface area contributed by atoms with Crippen molar-refractivity contribution in [1.82, 2.24) is 9.80 Å². The topological polar surface area (TPSA) is 70.1 Å². The molecule has 0 aliphatic carbocycles. The van der Waals surface area contributed by atoms with Crippen molar-refractivity contribution in [3.8, 4) is 5.75 Å². The fraction of sp³-hybridized carbons (Fsp3) is 0.300. The van der Waals surface area contributed by atoms with Gasteiger partial charge in [-0.3, -0.25) is 4.79 Å². The number of amides is 1. The summed E-state index contributed by atoms with van der Waals surface area (Å²) in [5.41, 5.74) is 1.28. The first-order valence-corrected chi connectivity index (χ1v) is 8.76. The maximum atomic E-state index is 12.1. The average molecular weight is 352 g/mol. The Balaban J connectivity index is 1.66. The smallest absolute Gasteiger partial charge is 0.334 e. The summed E-state index contributed by atoms with van der Waals surface area (Å²) in [5.74, 6) is -0.457. The Morgan fingerprint density at radius 3 is 2.69 bits per heavy atom. The fourth-order valence-electron chi connectivity index (χ4n) is 3.59. The lowest BCUT2D eigenvalue weighted by Gasteiger charge is -2.27. The predicted molar refractivity (Wildman–Crippen MR) is 96.4 cm³/mol. The highest BCUT2D eigenvalue weighted by Gasteiger charge is 2.22. The van der Waals surface area contributed by atoms with Crippen molar-refractivity contribution < 1.29 is 19.4 Å². The van der Waals surface area contributed by atoms with Gasteiger partial charge in [-0.2, -0.15) is 0 Å². The molecule has 1 fully saturated rings. The van der Waals surface area contributed by atoms with Crippen molar-refractivity contribution in [3.05, 3.63) is 53.1 Å². The van der Waals surface area contributed by atoms with Gasteiger partial charge < -0.3 is 19.6 Å². The zero-order valence-corrected chi connectivity index (χ0v) is 14.4. The molecule has 0 spiro atoms. The molecule has 3 aliphatic heterocycles. The van der Waals surface area contributed by atoms with Crippen LogP contribution in [0.25, 0.3) is 11.3 Å². The van der Waals surface area contributed by atoms with Crippen LogP contribution in [0.1, 0.15) is 12.8 Å². The molecular formula is C20H20N2O4. The molecule has 0 atom stereocenters. The maximum absolute atomic E-state index is 12.1. The van der Waals surface area contributed by atoms with Gasteiger partial charge in [-0.15, -0.1) is 0 Å². The Morgan fingerprint density at radius 1 is 1.12 bits per heavy atom. The van der Waals surface area contributed by atoms with E-state index in [0.717, 1.165) is 36.8 Å². The van der Waals surface area contributed by atoms with Crippen LogP contribution in [0.15, 0.2) is 42.6 Å². The van der Waals surface area contributed by atoms with Crippen LogP contribution in [0.3, 0.4) is 0 Å². The number of hydrogen-bond donors (Lipinski definition) is 1. The van der Waals surface area contributed by atoms with Crippen LogP contribution in [0, 0.1) is 0 Å². The molecule has 1 N–H and O–H groups in total. The number of fused-ring (bicyclic) bond motifs is 2. The quantitative estimate of drug-likeness (QED) is 0.851. The van der Waals surface area contributed by atoms with Crippen molar-refractivity contribution in [2.75, 3.05) is 26.2 Å². The van der Waals surface area contributed by atoms with E-state index in [-0.39, 0.29) is 12.5 Å². The molecule has 6 nitrogen and oxygen atoms in total. The minimum Gasteiger partial charge on any atom is -0.484 e. The second-order valence-electron chi connectivity index (χ2n) is 6.58. The lowest BCUT2D eigenvalue weighted by Crippen LogP contribution is -2.43. The number of hydrogen-bond acceptors (Lipinski definition) is 4. The van der Waals surface area contributed by atoms with Crippen LogP contribution in [0.5, 0.6) is 5.75 Å². The van der Waals surface area contributed by atoms with Gasteiger partial charge in [-0.25, -0.2) is 4.79 Å². The molecule has 1 aromatic rings. The molecule has 1 amide bonds. The Kier molecular flexibility index (Phi) is 4.24. The van der Waals surface area contributed by atoms with Crippen molar-refractivity contribution in [2.24, 2.45) is 0 Å². The highest BCUT2D eigenvalue weighted by atomic mass is 16.5. The molecule has 4 rings (SSSR count). The zero-order chi connectivity index (χ0) is 18.1. The van der Waals surface area contributed by atoms with Crippen LogP contribution in [0.4, 0.5) is 0 Å². The van der Waals surface area contributed by atoms with Crippen molar-refractivity contribution >= 4 is 23.1 Å². The summed E-state index contributed by atoms with van der Waals surface area (Å²) < 4.78 is 5.66. The molecule has 0 aromatic heterocycles. The summed E-state index contributed by atoms with van der Waals surface area (Å²) in [6.07, 6.45) is 9.74. The van der Waals surface area contributed by atoms with E-state index in [1.807, 2.05) is 35.4 Å². The van der Waals surface area contributed by atoms with Crippen LogP contribution in [-0.2, 0) is 9.59 Å². The van der Waals surface area contributed by atoms with E-state index in [4.69, 9.17) is 4.74 Å². The second-order valence-corrected chi connectivity index (χ2v) is 6.58. The number of carboxylic acid groups (broad SMARTS) is 1. The first kappa shape index (κ1) is 16.4. The first-order chi connectivity index (χ1) is 12.6. The van der Waals surface area contributed by atoms with Crippen LogP contribution < -0.4 is 15.2 Å². The highest BCUT2D eigenvalue weighted by Crippen LogP contribution is 2.18. The number of likely N-dealkylation sites (tertiary alicyclic amines) is 1. The standard InChI is InChI=1S/C20H20N2O4/c23-19(21-8-3-4-9-21)13-26-14-6-7-15-16(11-14)17(20(24)25)12-22-10-2-1-5-18(15)22/h1-2,5-7,10-11H,3-4,8-9,12-13H2,(H,24,25). The third-order valence-corrected chi connectivity index (χ3v) is 4.94. The Morgan fingerprint density at radius 2 is 1.92 bits per heavy atom. The summed E-state index contributed by atoms with van der Waals surface area (Å²) in [6.45, 7) is 1.86. The van der Waals surface area contributed by atoms with E-state index < -0.39 is 5.97 Å². The zero-order valence-electron chi connectivity index (χ0n) is 14.4. The average Bonchev–Trinajstić information content (AvgIpc) is 3.20. The number of ether oxygens (including phenoxy) is 1. The van der Waals surface area contributed by atoms with Gasteiger partial charge in [0.15, 0.2) is 6.61 Å². The molecule has 0 saturated carbocycles. The van der Waals surface area contributed by atoms with E-state index in [9.17, 15) is 14.7 Å². The van der Waals surface area contributed by atoms with Crippen LogP contribution in [0.2, 0.25) is 0 Å². The normalized spacial score (nSPS) is 18.0. The number of allylic oxidation sites excluding steroid dienone is 2. The summed E-state index contributed by atoms with van der Waals surface area (Å²) in [6, 6.07) is 5.38. The molecule has 0 bridgehead atoms. The monoisotopic (exact) mass is 352 g/mol. The molecule has 0 radical (unpaired) electrons. The predicted octanol–water partition coefficient (Wildman–Crippen LogP) is 0.430. The molecule has 1 saturated heterocycles. The number of aliphatic carboxylic acids is 1. The van der Waals surface area contributed by atoms with Crippen LogP contribution >= 0.6 is 0 Å². The Bertz CT molecular complexity index is 939. The number of carbonyl (C=O) groups excluding carboxylic acids is 1. The number of nitrogens with zero attached hydrogens (tertiary/aromatic N) is 2. The molecule has 3 heterocycles. The third kappa shape index (κ3) is 2.98.